The SMILES string of the molecule is C=C1C=C(N2CCCCC2)Cc2c1cccc2-c1ccccc1. The van der Waals surface area contributed by atoms with Gasteiger partial charge >= 0.3 is 0 Å². The van der Waals surface area contributed by atoms with Crippen LogP contribution in [0.4, 0.5) is 0 Å². The van der Waals surface area contributed by atoms with Crippen LogP contribution in [0.1, 0.15) is 30.4 Å². The fraction of sp³-hybridized carbons (Fsp3) is 0.273. The van der Waals surface area contributed by atoms with Crippen LogP contribution in [0.25, 0.3) is 16.7 Å². The number of likely N-dealkylation sites (tertiary alicyclic amines) is 1. The minimum Gasteiger partial charge on any atom is -0.375 e. The summed E-state index contributed by atoms with van der Waals surface area (Å²) in [6.07, 6.45) is 7.34. The van der Waals surface area contributed by atoms with Gasteiger partial charge in [-0.2, -0.15) is 0 Å². The maximum absolute atomic E-state index is 4.33. The van der Waals surface area contributed by atoms with E-state index in [1.54, 1.807) is 0 Å². The van der Waals surface area contributed by atoms with Gasteiger partial charge in [-0.1, -0.05) is 55.1 Å². The van der Waals surface area contributed by atoms with Crippen molar-refractivity contribution in [1.82, 2.24) is 4.90 Å². The van der Waals surface area contributed by atoms with E-state index in [2.05, 4.69) is 66.1 Å². The van der Waals surface area contributed by atoms with Crippen molar-refractivity contribution >= 4 is 5.57 Å². The van der Waals surface area contributed by atoms with Crippen molar-refractivity contribution in [3.8, 4) is 11.1 Å². The third kappa shape index (κ3) is 2.72. The molecule has 1 aliphatic carbocycles. The topological polar surface area (TPSA) is 3.24 Å². The molecule has 0 bridgehead atoms. The molecule has 1 fully saturated rings. The summed E-state index contributed by atoms with van der Waals surface area (Å²) in [5.74, 6) is 0. The first-order chi connectivity index (χ1) is 11.3. The lowest BCUT2D eigenvalue weighted by molar-refractivity contribution is 0.280. The van der Waals surface area contributed by atoms with Gasteiger partial charge in [0, 0.05) is 25.2 Å². The molecule has 0 saturated carbocycles. The first-order valence-corrected chi connectivity index (χ1v) is 8.65. The zero-order valence-electron chi connectivity index (χ0n) is 13.6. The van der Waals surface area contributed by atoms with E-state index < -0.39 is 0 Å². The minimum atomic E-state index is 1.03. The van der Waals surface area contributed by atoms with E-state index in [1.807, 2.05) is 0 Å². The highest BCUT2D eigenvalue weighted by Gasteiger charge is 2.22. The molecular formula is C22H23N. The summed E-state index contributed by atoms with van der Waals surface area (Å²) < 4.78 is 0. The second-order valence-electron chi connectivity index (χ2n) is 6.58. The number of piperidine rings is 1. The Bertz CT molecular complexity index is 749. The molecule has 0 radical (unpaired) electrons. The molecule has 0 spiro atoms. The Labute approximate surface area is 139 Å². The van der Waals surface area contributed by atoms with Crippen LogP contribution in [0.5, 0.6) is 0 Å². The van der Waals surface area contributed by atoms with Crippen LogP contribution in [-0.4, -0.2) is 18.0 Å². The Morgan fingerprint density at radius 1 is 0.783 bits per heavy atom. The number of allylic oxidation sites excluding steroid dienone is 3. The van der Waals surface area contributed by atoms with E-state index in [1.165, 1.54) is 60.3 Å². The second-order valence-corrected chi connectivity index (χ2v) is 6.58. The molecule has 4 rings (SSSR count). The fourth-order valence-electron chi connectivity index (χ4n) is 3.86. The average molecular weight is 301 g/mol. The Morgan fingerprint density at radius 2 is 1.52 bits per heavy atom. The molecule has 0 N–H and O–H groups in total. The van der Waals surface area contributed by atoms with Gasteiger partial charge in [-0.3, -0.25) is 0 Å². The van der Waals surface area contributed by atoms with Crippen LogP contribution >= 0.6 is 0 Å². The lowest BCUT2D eigenvalue weighted by Gasteiger charge is -2.34. The van der Waals surface area contributed by atoms with Gasteiger partial charge in [-0.25, -0.2) is 0 Å². The van der Waals surface area contributed by atoms with Gasteiger partial charge in [0.05, 0.1) is 0 Å². The first kappa shape index (κ1) is 14.3. The maximum atomic E-state index is 4.33. The smallest absolute Gasteiger partial charge is 0.0184 e. The van der Waals surface area contributed by atoms with Gasteiger partial charge in [0.2, 0.25) is 0 Å². The van der Waals surface area contributed by atoms with Crippen molar-refractivity contribution in [3.63, 3.8) is 0 Å². The van der Waals surface area contributed by atoms with Crippen LogP contribution < -0.4 is 0 Å². The van der Waals surface area contributed by atoms with Gasteiger partial charge in [0.1, 0.15) is 0 Å². The molecule has 1 heterocycles. The molecule has 1 nitrogen and oxygen atoms in total. The minimum absolute atomic E-state index is 1.03. The number of hydrogen-bond donors (Lipinski definition) is 0. The summed E-state index contributed by atoms with van der Waals surface area (Å²) in [5, 5.41) is 0. The van der Waals surface area contributed by atoms with Crippen molar-refractivity contribution in [3.05, 3.63) is 78.0 Å². The van der Waals surface area contributed by atoms with E-state index in [9.17, 15) is 0 Å². The van der Waals surface area contributed by atoms with Gasteiger partial charge in [-0.15, -0.1) is 0 Å². The highest BCUT2D eigenvalue weighted by atomic mass is 15.1. The standard InChI is InChI=1S/C22H23N/c1-17-15-19(23-13-6-3-7-14-23)16-22-20(17)11-8-12-21(22)18-9-4-2-5-10-18/h2,4-5,8-12,15H,1,3,6-7,13-14,16H2. The molecule has 1 aliphatic heterocycles. The van der Waals surface area contributed by atoms with Gasteiger partial charge in [-0.05, 0) is 53.2 Å². The summed E-state index contributed by atoms with van der Waals surface area (Å²) in [6.45, 7) is 6.73. The predicted molar refractivity (Wildman–Crippen MR) is 98.1 cm³/mol. The molecule has 0 aromatic heterocycles. The molecule has 116 valence electrons. The number of nitrogens with zero attached hydrogens (tertiary/aromatic N) is 1. The van der Waals surface area contributed by atoms with E-state index in [0.29, 0.717) is 0 Å². The van der Waals surface area contributed by atoms with Crippen molar-refractivity contribution in [2.45, 2.75) is 25.7 Å². The summed E-state index contributed by atoms with van der Waals surface area (Å²) in [5.41, 5.74) is 8.01. The van der Waals surface area contributed by atoms with E-state index in [4.69, 9.17) is 0 Å². The van der Waals surface area contributed by atoms with Crippen LogP contribution in [0, 0.1) is 0 Å². The highest BCUT2D eigenvalue weighted by molar-refractivity contribution is 5.83. The van der Waals surface area contributed by atoms with Gasteiger partial charge in [0.25, 0.3) is 0 Å². The molecule has 0 amide bonds. The highest BCUT2D eigenvalue weighted by Crippen LogP contribution is 2.36. The number of rotatable bonds is 2. The van der Waals surface area contributed by atoms with Crippen LogP contribution in [-0.2, 0) is 6.42 Å². The maximum Gasteiger partial charge on any atom is 0.0184 e. The Balaban J connectivity index is 1.74. The summed E-state index contributed by atoms with van der Waals surface area (Å²) in [6, 6.07) is 17.4. The van der Waals surface area contributed by atoms with Crippen molar-refractivity contribution in [2.24, 2.45) is 0 Å². The van der Waals surface area contributed by atoms with Gasteiger partial charge < -0.3 is 4.90 Å². The number of fused-ring (bicyclic) bond motifs is 1. The van der Waals surface area contributed by atoms with Crippen LogP contribution in [0.3, 0.4) is 0 Å². The first-order valence-electron chi connectivity index (χ1n) is 8.65. The third-order valence-electron chi connectivity index (χ3n) is 5.07. The third-order valence-corrected chi connectivity index (χ3v) is 5.07. The Hall–Kier alpha value is -2.28. The molecule has 1 saturated heterocycles. The van der Waals surface area contributed by atoms with E-state index >= 15 is 0 Å². The van der Waals surface area contributed by atoms with Crippen LogP contribution in [0.2, 0.25) is 0 Å². The summed E-state index contributed by atoms with van der Waals surface area (Å²) in [4.78, 5) is 2.57. The largest absolute Gasteiger partial charge is 0.375 e. The van der Waals surface area contributed by atoms with E-state index in [-0.39, 0.29) is 0 Å². The quantitative estimate of drug-likeness (QED) is 0.728. The Kier molecular flexibility index (Phi) is 3.78. The molecule has 2 aromatic rings. The van der Waals surface area contributed by atoms with Crippen molar-refractivity contribution in [2.75, 3.05) is 13.1 Å². The zero-order chi connectivity index (χ0) is 15.6. The second kappa shape index (κ2) is 6.08. The molecule has 1 heteroatoms. The molecule has 2 aromatic carbocycles. The molecule has 0 atom stereocenters. The van der Waals surface area contributed by atoms with Crippen molar-refractivity contribution in [1.29, 1.82) is 0 Å². The number of hydrogen-bond acceptors (Lipinski definition) is 1. The van der Waals surface area contributed by atoms with E-state index in [0.717, 1.165) is 12.0 Å². The summed E-state index contributed by atoms with van der Waals surface area (Å²) >= 11 is 0. The van der Waals surface area contributed by atoms with Crippen molar-refractivity contribution < 1.29 is 0 Å². The average Bonchev–Trinajstić information content (AvgIpc) is 2.63. The predicted octanol–water partition coefficient (Wildman–Crippen LogP) is 5.29. The fourth-order valence-corrected chi connectivity index (χ4v) is 3.86. The monoisotopic (exact) mass is 301 g/mol. The van der Waals surface area contributed by atoms with Crippen LogP contribution in [0.15, 0.2) is 66.9 Å². The lowest BCUT2D eigenvalue weighted by atomic mass is 9.85. The lowest BCUT2D eigenvalue weighted by Crippen LogP contribution is -2.31. The Morgan fingerprint density at radius 3 is 2.30 bits per heavy atom. The molecule has 0 unspecified atom stereocenters. The summed E-state index contributed by atoms with van der Waals surface area (Å²) in [7, 11) is 0. The molecular weight excluding hydrogens is 278 g/mol. The molecule has 2 aliphatic rings. The zero-order valence-corrected chi connectivity index (χ0v) is 13.6. The molecule has 23 heavy (non-hydrogen) atoms. The number of benzene rings is 2. The normalized spacial score (nSPS) is 17.7. The van der Waals surface area contributed by atoms with Gasteiger partial charge in [0.15, 0.2) is 0 Å².